The minimum atomic E-state index is -0.140. The lowest BCUT2D eigenvalue weighted by molar-refractivity contribution is -0.134. The molecule has 1 heterocycles. The first kappa shape index (κ1) is 28.2. The maximum atomic E-state index is 13.2. The van der Waals surface area contributed by atoms with Crippen molar-refractivity contribution < 1.29 is 14.6 Å². The Bertz CT molecular complexity index is 1230. The molecule has 1 fully saturated rings. The van der Waals surface area contributed by atoms with E-state index in [0.29, 0.717) is 24.5 Å². The second-order valence-corrected chi connectivity index (χ2v) is 11.2. The minimum Gasteiger partial charge on any atom is -0.506 e. The number of carbonyl (C=O) groups is 1. The molecule has 0 radical (unpaired) electrons. The van der Waals surface area contributed by atoms with E-state index in [0.717, 1.165) is 85.4 Å². The molecule has 1 aromatic heterocycles. The highest BCUT2D eigenvalue weighted by Gasteiger charge is 2.24. The van der Waals surface area contributed by atoms with Gasteiger partial charge in [-0.25, -0.2) is 0 Å². The first-order chi connectivity index (χ1) is 18.5. The molecule has 1 amide bonds. The Morgan fingerprint density at radius 3 is 2.76 bits per heavy atom. The second-order valence-electron chi connectivity index (χ2n) is 10.3. The Morgan fingerprint density at radius 2 is 1.95 bits per heavy atom. The van der Waals surface area contributed by atoms with E-state index in [2.05, 4.69) is 27.3 Å². The van der Waals surface area contributed by atoms with Crippen LogP contribution in [-0.2, 0) is 17.6 Å². The van der Waals surface area contributed by atoms with E-state index in [4.69, 9.17) is 4.74 Å². The third-order valence-corrected chi connectivity index (χ3v) is 8.52. The molecule has 206 valence electrons. The molecule has 0 saturated heterocycles. The molecule has 1 aliphatic rings. The van der Waals surface area contributed by atoms with Gasteiger partial charge in [0, 0.05) is 25.6 Å². The highest BCUT2D eigenvalue weighted by molar-refractivity contribution is 7.16. The first-order valence-corrected chi connectivity index (χ1v) is 14.8. The summed E-state index contributed by atoms with van der Waals surface area (Å²) in [4.78, 5) is 29.8. The first-order valence-electron chi connectivity index (χ1n) is 14.0. The van der Waals surface area contributed by atoms with Gasteiger partial charge in [0.05, 0.1) is 11.8 Å². The Labute approximate surface area is 229 Å². The standard InChI is InChI=1S/C30H41N3O4S/c1-37-25-13-8-9-22(21-25)16-18-31-19-17-27(35)33(24-11-5-2-6-12-24)20-7-3-4-10-23-14-15-26(34)28-29(23)38-30(36)32-28/h8-9,13-15,21,24,31,34H,2-7,10-12,16-20H2,1H3,(H,32,36). The molecular formula is C30H41N3O4S. The van der Waals surface area contributed by atoms with E-state index in [9.17, 15) is 14.7 Å². The molecule has 3 N–H and O–H groups in total. The summed E-state index contributed by atoms with van der Waals surface area (Å²) in [5.41, 5.74) is 2.87. The van der Waals surface area contributed by atoms with Gasteiger partial charge in [-0.15, -0.1) is 0 Å². The van der Waals surface area contributed by atoms with Gasteiger partial charge in [-0.05, 0) is 74.4 Å². The summed E-state index contributed by atoms with van der Waals surface area (Å²) in [5, 5.41) is 13.5. The van der Waals surface area contributed by atoms with Crippen LogP contribution in [0.1, 0.15) is 68.9 Å². The van der Waals surface area contributed by atoms with Crippen LogP contribution in [0.3, 0.4) is 0 Å². The number of aryl methyl sites for hydroxylation is 1. The van der Waals surface area contributed by atoms with Crippen LogP contribution in [-0.4, -0.2) is 53.7 Å². The number of thiazole rings is 1. The van der Waals surface area contributed by atoms with Crippen molar-refractivity contribution in [3.63, 3.8) is 0 Å². The number of nitrogens with one attached hydrogen (secondary N) is 2. The summed E-state index contributed by atoms with van der Waals surface area (Å²) in [6, 6.07) is 12.1. The number of hydrogen-bond donors (Lipinski definition) is 3. The Kier molecular flexibility index (Phi) is 10.6. The maximum Gasteiger partial charge on any atom is 0.305 e. The van der Waals surface area contributed by atoms with Crippen molar-refractivity contribution >= 4 is 27.5 Å². The lowest BCUT2D eigenvalue weighted by Crippen LogP contribution is -2.43. The number of methoxy groups -OCH3 is 1. The monoisotopic (exact) mass is 539 g/mol. The van der Waals surface area contributed by atoms with Crippen molar-refractivity contribution in [3.8, 4) is 11.5 Å². The normalized spacial score (nSPS) is 14.1. The quantitative estimate of drug-likeness (QED) is 0.239. The average Bonchev–Trinajstić information content (AvgIpc) is 3.34. The van der Waals surface area contributed by atoms with Crippen LogP contribution < -0.4 is 14.9 Å². The fourth-order valence-electron chi connectivity index (χ4n) is 5.47. The van der Waals surface area contributed by atoms with Crippen LogP contribution in [0.25, 0.3) is 10.2 Å². The largest absolute Gasteiger partial charge is 0.506 e. The number of aromatic amines is 1. The summed E-state index contributed by atoms with van der Waals surface area (Å²) >= 11 is 1.16. The number of H-pyrrole nitrogens is 1. The number of phenolic OH excluding ortho intramolecular Hbond substituents is 1. The number of phenols is 1. The minimum absolute atomic E-state index is 0.124. The predicted molar refractivity (Wildman–Crippen MR) is 154 cm³/mol. The number of nitrogens with zero attached hydrogens (tertiary/aromatic N) is 1. The summed E-state index contributed by atoms with van der Waals surface area (Å²) in [6.07, 6.45) is 11.2. The van der Waals surface area contributed by atoms with Crippen molar-refractivity contribution in [1.29, 1.82) is 0 Å². The van der Waals surface area contributed by atoms with E-state index < -0.39 is 0 Å². The van der Waals surface area contributed by atoms with E-state index in [-0.39, 0.29) is 16.5 Å². The number of unbranched alkanes of at least 4 members (excludes halogenated alkanes) is 2. The van der Waals surface area contributed by atoms with Gasteiger partial charge >= 0.3 is 4.87 Å². The topological polar surface area (TPSA) is 94.7 Å². The number of amides is 1. The van der Waals surface area contributed by atoms with Gasteiger partial charge in [-0.3, -0.25) is 9.59 Å². The number of ether oxygens (including phenoxy) is 1. The number of hydrogen-bond acceptors (Lipinski definition) is 6. The van der Waals surface area contributed by atoms with Crippen LogP contribution in [0.15, 0.2) is 41.2 Å². The lowest BCUT2D eigenvalue weighted by atomic mass is 9.93. The molecule has 0 unspecified atom stereocenters. The van der Waals surface area contributed by atoms with Crippen LogP contribution in [0.4, 0.5) is 0 Å². The molecule has 0 aliphatic heterocycles. The van der Waals surface area contributed by atoms with Crippen molar-refractivity contribution in [2.45, 2.75) is 76.7 Å². The van der Waals surface area contributed by atoms with Crippen LogP contribution in [0, 0.1) is 0 Å². The zero-order chi connectivity index (χ0) is 26.7. The Balaban J connectivity index is 1.21. The highest BCUT2D eigenvalue weighted by atomic mass is 32.1. The molecule has 8 heteroatoms. The Morgan fingerprint density at radius 1 is 1.11 bits per heavy atom. The van der Waals surface area contributed by atoms with Gasteiger partial charge in [0.25, 0.3) is 0 Å². The Hall–Kier alpha value is -2.84. The fourth-order valence-corrected chi connectivity index (χ4v) is 6.37. The van der Waals surface area contributed by atoms with Gasteiger partial charge in [-0.1, -0.05) is 55.2 Å². The number of aromatic hydroxyl groups is 1. The van der Waals surface area contributed by atoms with E-state index in [1.165, 1.54) is 24.8 Å². The molecule has 3 aromatic rings. The van der Waals surface area contributed by atoms with E-state index in [1.54, 1.807) is 13.2 Å². The lowest BCUT2D eigenvalue weighted by Gasteiger charge is -2.34. The van der Waals surface area contributed by atoms with Gasteiger partial charge < -0.3 is 25.0 Å². The van der Waals surface area contributed by atoms with Crippen LogP contribution >= 0.6 is 11.3 Å². The summed E-state index contributed by atoms with van der Waals surface area (Å²) in [7, 11) is 1.68. The molecule has 1 aliphatic carbocycles. The van der Waals surface area contributed by atoms with Crippen molar-refractivity contribution in [2.75, 3.05) is 26.7 Å². The molecule has 38 heavy (non-hydrogen) atoms. The van der Waals surface area contributed by atoms with Crippen molar-refractivity contribution in [2.24, 2.45) is 0 Å². The third-order valence-electron chi connectivity index (χ3n) is 7.56. The predicted octanol–water partition coefficient (Wildman–Crippen LogP) is 5.40. The van der Waals surface area contributed by atoms with Gasteiger partial charge in [0.2, 0.25) is 5.91 Å². The van der Waals surface area contributed by atoms with Crippen LogP contribution in [0.2, 0.25) is 0 Å². The van der Waals surface area contributed by atoms with E-state index >= 15 is 0 Å². The third kappa shape index (κ3) is 7.84. The van der Waals surface area contributed by atoms with Crippen molar-refractivity contribution in [3.05, 3.63) is 57.2 Å². The smallest absolute Gasteiger partial charge is 0.305 e. The summed E-state index contributed by atoms with van der Waals surface area (Å²) < 4.78 is 6.15. The molecule has 1 saturated carbocycles. The zero-order valence-corrected chi connectivity index (χ0v) is 23.3. The van der Waals surface area contributed by atoms with Gasteiger partial charge in [-0.2, -0.15) is 0 Å². The van der Waals surface area contributed by atoms with E-state index in [1.807, 2.05) is 18.2 Å². The molecule has 4 rings (SSSR count). The SMILES string of the molecule is COc1cccc(CCNCCC(=O)N(CCCCCc2ccc(O)c3[nH]c(=O)sc23)C2CCCCC2)c1. The van der Waals surface area contributed by atoms with Crippen molar-refractivity contribution in [1.82, 2.24) is 15.2 Å². The number of benzene rings is 2. The molecule has 0 spiro atoms. The molecule has 0 atom stereocenters. The number of carbonyl (C=O) groups excluding carboxylic acids is 1. The summed E-state index contributed by atoms with van der Waals surface area (Å²) in [5.74, 6) is 1.26. The average molecular weight is 540 g/mol. The second kappa shape index (κ2) is 14.4. The van der Waals surface area contributed by atoms with Gasteiger partial charge in [0.15, 0.2) is 0 Å². The highest BCUT2D eigenvalue weighted by Crippen LogP contribution is 2.29. The summed E-state index contributed by atoms with van der Waals surface area (Å²) in [6.45, 7) is 2.35. The number of rotatable bonds is 14. The van der Waals surface area contributed by atoms with Crippen LogP contribution in [0.5, 0.6) is 11.5 Å². The maximum absolute atomic E-state index is 13.2. The molecule has 7 nitrogen and oxygen atoms in total. The molecular weight excluding hydrogens is 498 g/mol. The number of aromatic nitrogens is 1. The fraction of sp³-hybridized carbons (Fsp3) is 0.533. The molecule has 0 bridgehead atoms. The molecule has 2 aromatic carbocycles. The van der Waals surface area contributed by atoms with Gasteiger partial charge in [0.1, 0.15) is 17.0 Å². The number of fused-ring (bicyclic) bond motifs is 1. The zero-order valence-electron chi connectivity index (χ0n) is 22.5.